The lowest BCUT2D eigenvalue weighted by atomic mass is 10.2. The predicted octanol–water partition coefficient (Wildman–Crippen LogP) is 4.66. The van der Waals surface area contributed by atoms with Crippen LogP contribution in [0.4, 0.5) is 25.8 Å². The van der Waals surface area contributed by atoms with E-state index in [2.05, 4.69) is 15.6 Å². The highest BCUT2D eigenvalue weighted by Gasteiger charge is 2.14. The van der Waals surface area contributed by atoms with Gasteiger partial charge >= 0.3 is 0 Å². The van der Waals surface area contributed by atoms with Crippen molar-refractivity contribution in [2.75, 3.05) is 10.6 Å². The second kappa shape index (κ2) is 7.09. The Bertz CT molecular complexity index is 891. The van der Waals surface area contributed by atoms with Gasteiger partial charge in [-0.05, 0) is 43.3 Å². The number of hydrogen-bond donors (Lipinski definition) is 2. The van der Waals surface area contributed by atoms with Gasteiger partial charge in [-0.15, -0.1) is 0 Å². The van der Waals surface area contributed by atoms with Crippen LogP contribution in [0.3, 0.4) is 0 Å². The summed E-state index contributed by atoms with van der Waals surface area (Å²) in [4.78, 5) is 16.2. The van der Waals surface area contributed by atoms with Gasteiger partial charge in [0.25, 0.3) is 5.91 Å². The zero-order chi connectivity index (χ0) is 17.8. The third-order valence-electron chi connectivity index (χ3n) is 3.53. The fourth-order valence-corrected chi connectivity index (χ4v) is 2.23. The summed E-state index contributed by atoms with van der Waals surface area (Å²) < 4.78 is 27.3. The minimum atomic E-state index is -0.845. The van der Waals surface area contributed by atoms with Gasteiger partial charge in [-0.3, -0.25) is 9.78 Å². The Morgan fingerprint density at radius 3 is 2.32 bits per heavy atom. The molecule has 0 aliphatic rings. The van der Waals surface area contributed by atoms with Crippen molar-refractivity contribution >= 4 is 23.0 Å². The maximum Gasteiger partial charge on any atom is 0.274 e. The number of benzene rings is 2. The van der Waals surface area contributed by atoms with Crippen molar-refractivity contribution in [1.82, 2.24) is 4.98 Å². The molecule has 4 nitrogen and oxygen atoms in total. The molecule has 2 N–H and O–H groups in total. The molecule has 0 bridgehead atoms. The number of para-hydroxylation sites is 1. The van der Waals surface area contributed by atoms with E-state index in [-0.39, 0.29) is 5.69 Å². The normalized spacial score (nSPS) is 10.4. The Morgan fingerprint density at radius 1 is 0.960 bits per heavy atom. The van der Waals surface area contributed by atoms with Gasteiger partial charge in [-0.1, -0.05) is 23.8 Å². The largest absolute Gasteiger partial charge is 0.355 e. The number of aromatic nitrogens is 1. The van der Waals surface area contributed by atoms with E-state index in [9.17, 15) is 13.6 Å². The molecule has 2 aromatic carbocycles. The molecular formula is C19H15F2N3O. The number of hydrogen-bond acceptors (Lipinski definition) is 3. The van der Waals surface area contributed by atoms with Crippen LogP contribution in [0.2, 0.25) is 0 Å². The quantitative estimate of drug-likeness (QED) is 0.727. The van der Waals surface area contributed by atoms with Crippen LogP contribution in [-0.4, -0.2) is 10.9 Å². The number of aryl methyl sites for hydroxylation is 1. The summed E-state index contributed by atoms with van der Waals surface area (Å²) in [7, 11) is 0. The van der Waals surface area contributed by atoms with Crippen molar-refractivity contribution < 1.29 is 13.6 Å². The van der Waals surface area contributed by atoms with Crippen LogP contribution in [0.25, 0.3) is 0 Å². The minimum Gasteiger partial charge on any atom is -0.355 e. The number of pyridine rings is 1. The summed E-state index contributed by atoms with van der Waals surface area (Å²) in [5.74, 6) is -2.39. The lowest BCUT2D eigenvalue weighted by Gasteiger charge is -2.09. The van der Waals surface area contributed by atoms with Gasteiger partial charge in [0.05, 0.1) is 0 Å². The van der Waals surface area contributed by atoms with Crippen molar-refractivity contribution in [1.29, 1.82) is 0 Å². The molecular weight excluding hydrogens is 324 g/mol. The van der Waals surface area contributed by atoms with E-state index < -0.39 is 23.2 Å². The number of amides is 1. The molecule has 6 heteroatoms. The number of nitrogens with zero attached hydrogens (tertiary/aromatic N) is 1. The highest BCUT2D eigenvalue weighted by atomic mass is 19.1. The van der Waals surface area contributed by atoms with Gasteiger partial charge in [0.2, 0.25) is 0 Å². The molecule has 0 aliphatic heterocycles. The van der Waals surface area contributed by atoms with Gasteiger partial charge in [-0.25, -0.2) is 8.78 Å². The second-order valence-electron chi connectivity index (χ2n) is 5.47. The summed E-state index contributed by atoms with van der Waals surface area (Å²) in [5.41, 5.74) is 2.17. The Morgan fingerprint density at radius 2 is 1.64 bits per heavy atom. The molecule has 25 heavy (non-hydrogen) atoms. The fraction of sp³-hybridized carbons (Fsp3) is 0.0526. The Kier molecular flexibility index (Phi) is 4.70. The van der Waals surface area contributed by atoms with E-state index in [1.165, 1.54) is 18.3 Å². The monoisotopic (exact) mass is 339 g/mol. The minimum absolute atomic E-state index is 0.0414. The molecule has 0 aliphatic carbocycles. The first-order valence-corrected chi connectivity index (χ1v) is 7.58. The van der Waals surface area contributed by atoms with Crippen molar-refractivity contribution in [3.8, 4) is 0 Å². The smallest absolute Gasteiger partial charge is 0.274 e. The predicted molar refractivity (Wildman–Crippen MR) is 93.0 cm³/mol. The average Bonchev–Trinajstić information content (AvgIpc) is 2.60. The van der Waals surface area contributed by atoms with Crippen molar-refractivity contribution in [3.63, 3.8) is 0 Å². The molecule has 126 valence electrons. The average molecular weight is 339 g/mol. The third-order valence-corrected chi connectivity index (χ3v) is 3.53. The van der Waals surface area contributed by atoms with E-state index in [0.29, 0.717) is 5.69 Å². The van der Waals surface area contributed by atoms with Crippen molar-refractivity contribution in [3.05, 3.63) is 83.7 Å². The van der Waals surface area contributed by atoms with Gasteiger partial charge in [0, 0.05) is 17.6 Å². The number of halogens is 2. The van der Waals surface area contributed by atoms with Crippen LogP contribution in [0.5, 0.6) is 0 Å². The molecule has 0 atom stereocenters. The molecule has 0 saturated heterocycles. The molecule has 1 aromatic heterocycles. The Labute approximate surface area is 143 Å². The standard InChI is InChI=1S/C19H15F2N3O/c1-12-5-7-13(8-6-12)23-14-9-10-22-17(11-14)19(25)24-18-15(20)3-2-4-16(18)21/h2-11H,1H3,(H,22,23)(H,24,25). The summed E-state index contributed by atoms with van der Waals surface area (Å²) in [5, 5.41) is 5.36. The van der Waals surface area contributed by atoms with Crippen LogP contribution in [0.15, 0.2) is 60.8 Å². The molecule has 1 amide bonds. The SMILES string of the molecule is Cc1ccc(Nc2ccnc(C(=O)Nc3c(F)cccc3F)c2)cc1. The molecule has 1 heterocycles. The zero-order valence-corrected chi connectivity index (χ0v) is 13.4. The van der Waals surface area contributed by atoms with E-state index in [1.807, 2.05) is 31.2 Å². The highest BCUT2D eigenvalue weighted by Crippen LogP contribution is 2.20. The molecule has 0 radical (unpaired) electrons. The summed E-state index contributed by atoms with van der Waals surface area (Å²) in [6.07, 6.45) is 1.45. The molecule has 0 unspecified atom stereocenters. The Hall–Kier alpha value is -3.28. The molecule has 0 fully saturated rings. The number of carbonyl (C=O) groups excluding carboxylic acids is 1. The first-order valence-electron chi connectivity index (χ1n) is 7.58. The topological polar surface area (TPSA) is 54.0 Å². The van der Waals surface area contributed by atoms with Crippen LogP contribution >= 0.6 is 0 Å². The fourth-order valence-electron chi connectivity index (χ4n) is 2.23. The van der Waals surface area contributed by atoms with Gasteiger partial charge in [-0.2, -0.15) is 0 Å². The number of anilines is 3. The lowest BCUT2D eigenvalue weighted by Crippen LogP contribution is -2.16. The number of nitrogens with one attached hydrogen (secondary N) is 2. The lowest BCUT2D eigenvalue weighted by molar-refractivity contribution is 0.102. The van der Waals surface area contributed by atoms with Gasteiger partial charge in [0.15, 0.2) is 0 Å². The van der Waals surface area contributed by atoms with Crippen LogP contribution in [0.1, 0.15) is 16.1 Å². The maximum absolute atomic E-state index is 13.6. The number of carbonyl (C=O) groups is 1. The van der Waals surface area contributed by atoms with Crippen molar-refractivity contribution in [2.45, 2.75) is 6.92 Å². The first-order chi connectivity index (χ1) is 12.0. The van der Waals surface area contributed by atoms with E-state index in [4.69, 9.17) is 0 Å². The summed E-state index contributed by atoms with van der Waals surface area (Å²) in [6, 6.07) is 14.3. The second-order valence-corrected chi connectivity index (χ2v) is 5.47. The number of rotatable bonds is 4. The third kappa shape index (κ3) is 3.98. The molecule has 0 saturated carbocycles. The maximum atomic E-state index is 13.6. The van der Waals surface area contributed by atoms with E-state index >= 15 is 0 Å². The first kappa shape index (κ1) is 16.6. The molecule has 0 spiro atoms. The summed E-state index contributed by atoms with van der Waals surface area (Å²) in [6.45, 7) is 1.99. The van der Waals surface area contributed by atoms with Gasteiger partial charge < -0.3 is 10.6 Å². The summed E-state index contributed by atoms with van der Waals surface area (Å²) >= 11 is 0. The van der Waals surface area contributed by atoms with Crippen LogP contribution in [-0.2, 0) is 0 Å². The highest BCUT2D eigenvalue weighted by molar-refractivity contribution is 6.03. The van der Waals surface area contributed by atoms with E-state index in [0.717, 1.165) is 23.4 Å². The van der Waals surface area contributed by atoms with Crippen molar-refractivity contribution in [2.24, 2.45) is 0 Å². The van der Waals surface area contributed by atoms with Crippen LogP contribution < -0.4 is 10.6 Å². The van der Waals surface area contributed by atoms with E-state index in [1.54, 1.807) is 6.07 Å². The molecule has 3 aromatic rings. The zero-order valence-electron chi connectivity index (χ0n) is 13.4. The van der Waals surface area contributed by atoms with Gasteiger partial charge in [0.1, 0.15) is 23.0 Å². The van der Waals surface area contributed by atoms with Crippen LogP contribution in [0, 0.1) is 18.6 Å². The Balaban J connectivity index is 1.78. The molecule has 3 rings (SSSR count).